The number of carbonyl (C=O) groups is 1. The van der Waals surface area contributed by atoms with E-state index in [1.54, 1.807) is 19.4 Å². The topological polar surface area (TPSA) is 108 Å². The number of hydrogen-bond acceptors (Lipinski definition) is 7. The maximum atomic E-state index is 12.0. The average molecular weight is 305 g/mol. The Hall–Kier alpha value is -2.60. The van der Waals surface area contributed by atoms with Crippen LogP contribution in [0.1, 0.15) is 28.7 Å². The van der Waals surface area contributed by atoms with Crippen molar-refractivity contribution in [1.29, 1.82) is 5.26 Å². The van der Waals surface area contributed by atoms with Gasteiger partial charge in [-0.15, -0.1) is 11.3 Å². The van der Waals surface area contributed by atoms with Crippen LogP contribution in [0.15, 0.2) is 5.38 Å². The highest BCUT2D eigenvalue weighted by atomic mass is 32.1. The smallest absolute Gasteiger partial charge is 0.289 e. The van der Waals surface area contributed by atoms with Crippen molar-refractivity contribution in [2.75, 3.05) is 17.3 Å². The van der Waals surface area contributed by atoms with Crippen LogP contribution < -0.4 is 16.2 Å². The summed E-state index contributed by atoms with van der Waals surface area (Å²) < 4.78 is 1.50. The fourth-order valence-electron chi connectivity index (χ4n) is 1.73. The van der Waals surface area contributed by atoms with E-state index in [1.807, 2.05) is 13.0 Å². The molecule has 3 N–H and O–H groups in total. The molecule has 2 aromatic rings. The second kappa shape index (κ2) is 6.23. The predicted molar refractivity (Wildman–Crippen MR) is 80.0 cm³/mol. The third-order valence-corrected chi connectivity index (χ3v) is 3.49. The highest BCUT2D eigenvalue weighted by molar-refractivity contribution is 7.13. The minimum atomic E-state index is -0.377. The normalized spacial score (nSPS) is 10.0. The molecule has 0 saturated carbocycles. The number of amides is 1. The number of carbonyl (C=O) groups excluding carboxylic acids is 1. The fourth-order valence-corrected chi connectivity index (χ4v) is 2.49. The van der Waals surface area contributed by atoms with Gasteiger partial charge < -0.3 is 5.32 Å². The number of aromatic nitrogens is 3. The van der Waals surface area contributed by atoms with Gasteiger partial charge in [0.25, 0.3) is 5.91 Å². The van der Waals surface area contributed by atoms with Crippen LogP contribution in [0.5, 0.6) is 0 Å². The summed E-state index contributed by atoms with van der Waals surface area (Å²) in [4.78, 5) is 16.1. The molecule has 9 heteroatoms. The number of hydrazine groups is 1. The number of aryl methyl sites for hydroxylation is 2. The lowest BCUT2D eigenvalue weighted by molar-refractivity contribution is 0.0958. The predicted octanol–water partition coefficient (Wildman–Crippen LogP) is 1.25. The van der Waals surface area contributed by atoms with Crippen LogP contribution in [0, 0.1) is 18.3 Å². The Morgan fingerprint density at radius 1 is 1.57 bits per heavy atom. The SMILES string of the molecule is CCNc1nc(C(=O)NNc2c(C#N)c(C)nn2C)cs1. The van der Waals surface area contributed by atoms with Gasteiger partial charge in [0.15, 0.2) is 10.9 Å². The first-order chi connectivity index (χ1) is 10.1. The highest BCUT2D eigenvalue weighted by Gasteiger charge is 2.15. The number of rotatable bonds is 5. The third kappa shape index (κ3) is 3.11. The third-order valence-electron chi connectivity index (χ3n) is 2.69. The molecule has 0 aliphatic rings. The molecule has 2 aromatic heterocycles. The first kappa shape index (κ1) is 14.8. The lowest BCUT2D eigenvalue weighted by Crippen LogP contribution is -2.31. The van der Waals surface area contributed by atoms with Crippen molar-refractivity contribution in [3.63, 3.8) is 0 Å². The Kier molecular flexibility index (Phi) is 4.39. The summed E-state index contributed by atoms with van der Waals surface area (Å²) in [6, 6.07) is 2.05. The highest BCUT2D eigenvalue weighted by Crippen LogP contribution is 2.17. The second-order valence-corrected chi connectivity index (χ2v) is 5.05. The van der Waals surface area contributed by atoms with Gasteiger partial charge in [-0.2, -0.15) is 10.4 Å². The minimum absolute atomic E-state index is 0.306. The zero-order chi connectivity index (χ0) is 15.4. The number of nitriles is 1. The summed E-state index contributed by atoms with van der Waals surface area (Å²) in [5, 5.41) is 18.6. The quantitative estimate of drug-likeness (QED) is 0.717. The molecular weight excluding hydrogens is 290 g/mol. The van der Waals surface area contributed by atoms with Crippen molar-refractivity contribution in [1.82, 2.24) is 20.2 Å². The van der Waals surface area contributed by atoms with Crippen LogP contribution in [0.2, 0.25) is 0 Å². The van der Waals surface area contributed by atoms with E-state index in [0.717, 1.165) is 6.54 Å². The first-order valence-corrected chi connectivity index (χ1v) is 7.14. The molecule has 0 saturated heterocycles. The zero-order valence-corrected chi connectivity index (χ0v) is 12.7. The van der Waals surface area contributed by atoms with E-state index in [0.29, 0.717) is 27.9 Å². The molecule has 0 fully saturated rings. The standard InChI is InChI=1S/C12H15N7OS/c1-4-14-12-15-9(6-21-12)11(20)17-16-10-8(5-13)7(2)18-19(10)3/h6,16H,4H2,1-3H3,(H,14,15)(H,17,20). The fraction of sp³-hybridized carbons (Fsp3) is 0.333. The molecule has 0 spiro atoms. The molecule has 0 radical (unpaired) electrons. The van der Waals surface area contributed by atoms with E-state index in [-0.39, 0.29) is 5.91 Å². The van der Waals surface area contributed by atoms with Gasteiger partial charge in [0.1, 0.15) is 17.3 Å². The van der Waals surface area contributed by atoms with E-state index in [2.05, 4.69) is 26.3 Å². The maximum Gasteiger partial charge on any atom is 0.289 e. The molecule has 0 aliphatic carbocycles. The van der Waals surface area contributed by atoms with E-state index >= 15 is 0 Å². The molecule has 110 valence electrons. The van der Waals surface area contributed by atoms with Crippen molar-refractivity contribution >= 4 is 28.2 Å². The Morgan fingerprint density at radius 2 is 2.33 bits per heavy atom. The molecule has 1 amide bonds. The van der Waals surface area contributed by atoms with Crippen molar-refractivity contribution in [3.05, 3.63) is 22.3 Å². The average Bonchev–Trinajstić information content (AvgIpc) is 3.01. The Balaban J connectivity index is 2.06. The number of thiazole rings is 1. The molecule has 0 unspecified atom stereocenters. The largest absolute Gasteiger partial charge is 0.362 e. The van der Waals surface area contributed by atoms with Gasteiger partial charge in [-0.05, 0) is 13.8 Å². The van der Waals surface area contributed by atoms with Crippen LogP contribution in [0.3, 0.4) is 0 Å². The maximum absolute atomic E-state index is 12.0. The van der Waals surface area contributed by atoms with E-state index in [4.69, 9.17) is 5.26 Å². The lowest BCUT2D eigenvalue weighted by atomic mass is 10.3. The van der Waals surface area contributed by atoms with Gasteiger partial charge in [0, 0.05) is 19.0 Å². The van der Waals surface area contributed by atoms with Gasteiger partial charge in [0.05, 0.1) is 5.69 Å². The first-order valence-electron chi connectivity index (χ1n) is 6.26. The lowest BCUT2D eigenvalue weighted by Gasteiger charge is -2.07. The number of hydrogen-bond donors (Lipinski definition) is 3. The molecule has 0 bridgehead atoms. The monoisotopic (exact) mass is 305 g/mol. The summed E-state index contributed by atoms with van der Waals surface area (Å²) in [7, 11) is 1.69. The summed E-state index contributed by atoms with van der Waals surface area (Å²) >= 11 is 1.36. The van der Waals surface area contributed by atoms with Gasteiger partial charge in [-0.1, -0.05) is 0 Å². The summed E-state index contributed by atoms with van der Waals surface area (Å²) in [6.07, 6.45) is 0. The Bertz CT molecular complexity index is 697. The summed E-state index contributed by atoms with van der Waals surface area (Å²) in [6.45, 7) is 4.43. The van der Waals surface area contributed by atoms with E-state index in [1.165, 1.54) is 16.0 Å². The Labute approximate surface area is 125 Å². The number of nitrogens with zero attached hydrogens (tertiary/aromatic N) is 4. The van der Waals surface area contributed by atoms with Crippen LogP contribution in [0.25, 0.3) is 0 Å². The summed E-state index contributed by atoms with van der Waals surface area (Å²) in [5.74, 6) is 0.0589. The van der Waals surface area contributed by atoms with Crippen LogP contribution >= 0.6 is 11.3 Å². The zero-order valence-electron chi connectivity index (χ0n) is 11.9. The molecule has 0 atom stereocenters. The van der Waals surface area contributed by atoms with Crippen molar-refractivity contribution in [2.24, 2.45) is 7.05 Å². The van der Waals surface area contributed by atoms with Crippen molar-refractivity contribution in [2.45, 2.75) is 13.8 Å². The Morgan fingerprint density at radius 3 is 3.00 bits per heavy atom. The van der Waals surface area contributed by atoms with Gasteiger partial charge >= 0.3 is 0 Å². The molecule has 8 nitrogen and oxygen atoms in total. The van der Waals surface area contributed by atoms with Crippen molar-refractivity contribution in [3.8, 4) is 6.07 Å². The molecule has 2 rings (SSSR count). The number of anilines is 2. The summed E-state index contributed by atoms with van der Waals surface area (Å²) in [5.41, 5.74) is 6.53. The number of nitrogens with one attached hydrogen (secondary N) is 3. The molecule has 2 heterocycles. The minimum Gasteiger partial charge on any atom is -0.362 e. The van der Waals surface area contributed by atoms with E-state index < -0.39 is 0 Å². The molecule has 0 aromatic carbocycles. The van der Waals surface area contributed by atoms with Crippen LogP contribution in [-0.2, 0) is 7.05 Å². The van der Waals surface area contributed by atoms with E-state index in [9.17, 15) is 4.79 Å². The molecule has 0 aliphatic heterocycles. The molecule has 21 heavy (non-hydrogen) atoms. The van der Waals surface area contributed by atoms with Crippen LogP contribution in [0.4, 0.5) is 10.9 Å². The second-order valence-electron chi connectivity index (χ2n) is 4.19. The van der Waals surface area contributed by atoms with Crippen LogP contribution in [-0.4, -0.2) is 27.2 Å². The van der Waals surface area contributed by atoms with Gasteiger partial charge in [-0.3, -0.25) is 20.3 Å². The van der Waals surface area contributed by atoms with Crippen molar-refractivity contribution < 1.29 is 4.79 Å². The van der Waals surface area contributed by atoms with Gasteiger partial charge in [-0.25, -0.2) is 4.98 Å². The molecular formula is C12H15N7OS. The van der Waals surface area contributed by atoms with Gasteiger partial charge in [0.2, 0.25) is 0 Å².